The van der Waals surface area contributed by atoms with Gasteiger partial charge in [0, 0.05) is 22.0 Å². The van der Waals surface area contributed by atoms with Gasteiger partial charge >= 0.3 is 5.97 Å². The predicted molar refractivity (Wildman–Crippen MR) is 67.1 cm³/mol. The number of fused-ring (bicyclic) bond motifs is 1. The summed E-state index contributed by atoms with van der Waals surface area (Å²) in [7, 11) is 0. The predicted octanol–water partition coefficient (Wildman–Crippen LogP) is 3.03. The first kappa shape index (κ1) is 11.0. The monoisotopic (exact) mass is 235 g/mol. The summed E-state index contributed by atoms with van der Waals surface area (Å²) in [6.07, 6.45) is 0. The lowest BCUT2D eigenvalue weighted by Crippen LogP contribution is -2.19. The van der Waals surface area contributed by atoms with E-state index in [1.54, 1.807) is 18.3 Å². The second-order valence-corrected chi connectivity index (χ2v) is 4.68. The molecule has 1 atom stereocenters. The summed E-state index contributed by atoms with van der Waals surface area (Å²) in [4.78, 5) is 10.7. The van der Waals surface area contributed by atoms with Crippen molar-refractivity contribution in [3.8, 4) is 0 Å². The molecule has 1 heterocycles. The normalized spacial score (nSPS) is 12.6. The minimum atomic E-state index is -0.771. The van der Waals surface area contributed by atoms with Gasteiger partial charge in [0.05, 0.1) is 11.6 Å². The van der Waals surface area contributed by atoms with Crippen LogP contribution in [0.5, 0.6) is 0 Å². The average molecular weight is 235 g/mol. The standard InChI is InChI=1S/C12H13NO2S/c1-8(12(14)15)6-13-10-7-16-11-5-3-2-4-9(10)11/h2-5,7-8,13H,6H2,1H3,(H,14,15). The molecular weight excluding hydrogens is 222 g/mol. The van der Waals surface area contributed by atoms with E-state index in [9.17, 15) is 4.79 Å². The van der Waals surface area contributed by atoms with Crippen molar-refractivity contribution in [2.45, 2.75) is 6.92 Å². The van der Waals surface area contributed by atoms with E-state index in [1.807, 2.05) is 23.6 Å². The fourth-order valence-corrected chi connectivity index (χ4v) is 2.38. The van der Waals surface area contributed by atoms with Crippen LogP contribution in [0.2, 0.25) is 0 Å². The second kappa shape index (κ2) is 4.53. The number of hydrogen-bond acceptors (Lipinski definition) is 3. The van der Waals surface area contributed by atoms with Crippen molar-refractivity contribution in [3.63, 3.8) is 0 Å². The third kappa shape index (κ3) is 2.17. The topological polar surface area (TPSA) is 49.3 Å². The second-order valence-electron chi connectivity index (χ2n) is 3.77. The third-order valence-electron chi connectivity index (χ3n) is 2.50. The largest absolute Gasteiger partial charge is 0.481 e. The highest BCUT2D eigenvalue weighted by atomic mass is 32.1. The molecule has 0 aliphatic heterocycles. The molecular formula is C12H13NO2S. The molecule has 0 saturated carbocycles. The van der Waals surface area contributed by atoms with Crippen molar-refractivity contribution in [1.82, 2.24) is 0 Å². The van der Waals surface area contributed by atoms with Crippen LogP contribution >= 0.6 is 11.3 Å². The lowest BCUT2D eigenvalue weighted by molar-refractivity contribution is -0.140. The van der Waals surface area contributed by atoms with Crippen LogP contribution in [0, 0.1) is 5.92 Å². The van der Waals surface area contributed by atoms with Gasteiger partial charge in [0.1, 0.15) is 0 Å². The Morgan fingerprint density at radius 3 is 3.00 bits per heavy atom. The van der Waals surface area contributed by atoms with Crippen LogP contribution < -0.4 is 5.32 Å². The number of carboxylic acid groups (broad SMARTS) is 1. The first-order valence-corrected chi connectivity index (χ1v) is 5.99. The van der Waals surface area contributed by atoms with Crippen molar-refractivity contribution in [2.24, 2.45) is 5.92 Å². The van der Waals surface area contributed by atoms with Crippen LogP contribution in [-0.4, -0.2) is 17.6 Å². The number of nitrogens with one attached hydrogen (secondary N) is 1. The minimum Gasteiger partial charge on any atom is -0.481 e. The summed E-state index contributed by atoms with van der Waals surface area (Å²) in [5.41, 5.74) is 1.02. The summed E-state index contributed by atoms with van der Waals surface area (Å²) < 4.78 is 1.22. The molecule has 0 aliphatic carbocycles. The molecule has 3 nitrogen and oxygen atoms in total. The molecule has 0 spiro atoms. The summed E-state index contributed by atoms with van der Waals surface area (Å²) >= 11 is 1.66. The molecule has 2 N–H and O–H groups in total. The summed E-state index contributed by atoms with van der Waals surface area (Å²) in [6.45, 7) is 2.15. The van der Waals surface area contributed by atoms with E-state index in [0.29, 0.717) is 6.54 Å². The van der Waals surface area contributed by atoms with Gasteiger partial charge < -0.3 is 10.4 Å². The Kier molecular flexibility index (Phi) is 3.10. The molecule has 0 radical (unpaired) electrons. The average Bonchev–Trinajstić information content (AvgIpc) is 2.69. The van der Waals surface area contributed by atoms with E-state index in [1.165, 1.54) is 4.70 Å². The number of rotatable bonds is 4. The zero-order chi connectivity index (χ0) is 11.5. The number of benzene rings is 1. The molecule has 1 aromatic carbocycles. The van der Waals surface area contributed by atoms with Gasteiger partial charge in [-0.25, -0.2) is 0 Å². The molecule has 2 rings (SSSR count). The summed E-state index contributed by atoms with van der Waals surface area (Å²) in [5, 5.41) is 15.1. The molecule has 16 heavy (non-hydrogen) atoms. The molecule has 1 aromatic heterocycles. The van der Waals surface area contributed by atoms with E-state index >= 15 is 0 Å². The fraction of sp³-hybridized carbons (Fsp3) is 0.250. The highest BCUT2D eigenvalue weighted by Gasteiger charge is 2.11. The summed E-state index contributed by atoms with van der Waals surface area (Å²) in [6, 6.07) is 8.09. The Balaban J connectivity index is 2.13. The number of aliphatic carboxylic acids is 1. The molecule has 0 amide bonds. The molecule has 4 heteroatoms. The van der Waals surface area contributed by atoms with Crippen molar-refractivity contribution in [2.75, 3.05) is 11.9 Å². The number of anilines is 1. The minimum absolute atomic E-state index is 0.376. The first-order valence-electron chi connectivity index (χ1n) is 5.11. The SMILES string of the molecule is CC(CNc1csc2ccccc12)C(=O)O. The van der Waals surface area contributed by atoms with E-state index < -0.39 is 5.97 Å². The molecule has 84 valence electrons. The van der Waals surface area contributed by atoms with E-state index in [2.05, 4.69) is 11.4 Å². The highest BCUT2D eigenvalue weighted by Crippen LogP contribution is 2.29. The Morgan fingerprint density at radius 2 is 2.25 bits per heavy atom. The molecule has 1 unspecified atom stereocenters. The first-order chi connectivity index (χ1) is 7.68. The maximum atomic E-state index is 10.7. The molecule has 0 aliphatic rings. The zero-order valence-corrected chi connectivity index (χ0v) is 9.75. The van der Waals surface area contributed by atoms with Crippen LogP contribution in [0.1, 0.15) is 6.92 Å². The van der Waals surface area contributed by atoms with E-state index in [0.717, 1.165) is 11.1 Å². The van der Waals surface area contributed by atoms with Gasteiger partial charge in [0.25, 0.3) is 0 Å². The Bertz CT molecular complexity index is 506. The Hall–Kier alpha value is -1.55. The summed E-state index contributed by atoms with van der Waals surface area (Å²) in [5.74, 6) is -1.15. The van der Waals surface area contributed by atoms with Gasteiger partial charge in [-0.1, -0.05) is 25.1 Å². The smallest absolute Gasteiger partial charge is 0.308 e. The lowest BCUT2D eigenvalue weighted by atomic mass is 10.2. The number of hydrogen-bond donors (Lipinski definition) is 2. The third-order valence-corrected chi connectivity index (χ3v) is 3.46. The highest BCUT2D eigenvalue weighted by molar-refractivity contribution is 7.17. The molecule has 2 aromatic rings. The lowest BCUT2D eigenvalue weighted by Gasteiger charge is -2.08. The molecule has 0 bridgehead atoms. The number of carboxylic acids is 1. The van der Waals surface area contributed by atoms with Gasteiger partial charge in [-0.2, -0.15) is 0 Å². The quantitative estimate of drug-likeness (QED) is 0.856. The van der Waals surface area contributed by atoms with Crippen molar-refractivity contribution in [3.05, 3.63) is 29.6 Å². The molecule has 0 saturated heterocycles. The van der Waals surface area contributed by atoms with E-state index in [4.69, 9.17) is 5.11 Å². The van der Waals surface area contributed by atoms with E-state index in [-0.39, 0.29) is 5.92 Å². The number of thiophene rings is 1. The van der Waals surface area contributed by atoms with Crippen molar-refractivity contribution in [1.29, 1.82) is 0 Å². The van der Waals surface area contributed by atoms with Crippen molar-refractivity contribution >= 4 is 33.1 Å². The van der Waals surface area contributed by atoms with Crippen LogP contribution in [0.4, 0.5) is 5.69 Å². The van der Waals surface area contributed by atoms with Gasteiger partial charge in [-0.15, -0.1) is 11.3 Å². The van der Waals surface area contributed by atoms with Crippen LogP contribution in [0.25, 0.3) is 10.1 Å². The van der Waals surface area contributed by atoms with Gasteiger partial charge in [-0.05, 0) is 6.07 Å². The van der Waals surface area contributed by atoms with Crippen LogP contribution in [0.3, 0.4) is 0 Å². The van der Waals surface area contributed by atoms with Crippen LogP contribution in [0.15, 0.2) is 29.6 Å². The van der Waals surface area contributed by atoms with Crippen LogP contribution in [-0.2, 0) is 4.79 Å². The Morgan fingerprint density at radius 1 is 1.50 bits per heavy atom. The van der Waals surface area contributed by atoms with Gasteiger partial charge in [0.15, 0.2) is 0 Å². The fourth-order valence-electron chi connectivity index (χ4n) is 1.47. The van der Waals surface area contributed by atoms with Gasteiger partial charge in [0.2, 0.25) is 0 Å². The number of carbonyl (C=O) groups is 1. The molecule has 0 fully saturated rings. The Labute approximate surface area is 97.7 Å². The maximum Gasteiger partial charge on any atom is 0.308 e. The van der Waals surface area contributed by atoms with Crippen molar-refractivity contribution < 1.29 is 9.90 Å². The zero-order valence-electron chi connectivity index (χ0n) is 8.93. The maximum absolute atomic E-state index is 10.7. The van der Waals surface area contributed by atoms with Gasteiger partial charge in [-0.3, -0.25) is 4.79 Å².